The molecule has 0 amide bonds. The first-order valence-corrected chi connectivity index (χ1v) is 5.15. The molecule has 0 bridgehead atoms. The van der Waals surface area contributed by atoms with Crippen LogP contribution in [0.3, 0.4) is 0 Å². The van der Waals surface area contributed by atoms with Gasteiger partial charge in [0.1, 0.15) is 0 Å². The van der Waals surface area contributed by atoms with E-state index in [9.17, 15) is 0 Å². The first-order chi connectivity index (χ1) is 5.15. The van der Waals surface area contributed by atoms with E-state index in [2.05, 4.69) is 20.8 Å². The molecular weight excluding hydrogens is 132 g/mol. The van der Waals surface area contributed by atoms with Gasteiger partial charge in [-0.15, -0.1) is 0 Å². The Balaban J connectivity index is 0.000000134. The van der Waals surface area contributed by atoms with Crippen molar-refractivity contribution in [2.24, 2.45) is 11.3 Å². The van der Waals surface area contributed by atoms with Crippen LogP contribution in [0.5, 0.6) is 0 Å². The molecule has 1 spiro atoms. The van der Waals surface area contributed by atoms with Gasteiger partial charge < -0.3 is 0 Å². The minimum atomic E-state index is 0.833. The molecule has 2 rings (SSSR count). The summed E-state index contributed by atoms with van der Waals surface area (Å²) in [5.41, 5.74) is 0.944. The van der Waals surface area contributed by atoms with Gasteiger partial charge in [0.25, 0.3) is 0 Å². The van der Waals surface area contributed by atoms with Gasteiger partial charge in [0.05, 0.1) is 0 Å². The van der Waals surface area contributed by atoms with E-state index in [0.717, 1.165) is 11.3 Å². The number of rotatable bonds is 0. The molecule has 0 atom stereocenters. The largest absolute Gasteiger partial charge is 0.0630 e. The van der Waals surface area contributed by atoms with Crippen LogP contribution in [0, 0.1) is 11.3 Å². The Kier molecular flexibility index (Phi) is 2.98. The fourth-order valence-electron chi connectivity index (χ4n) is 1.85. The highest BCUT2D eigenvalue weighted by molar-refractivity contribution is 4.93. The van der Waals surface area contributed by atoms with Crippen molar-refractivity contribution in [3.05, 3.63) is 0 Å². The average Bonchev–Trinajstić information content (AvgIpc) is 1.51. The van der Waals surface area contributed by atoms with Crippen LogP contribution in [0.4, 0.5) is 0 Å². The van der Waals surface area contributed by atoms with E-state index in [1.165, 1.54) is 12.8 Å². The Labute approximate surface area is 71.4 Å². The Hall–Kier alpha value is 0. The molecule has 11 heavy (non-hydrogen) atoms. The van der Waals surface area contributed by atoms with E-state index in [1.807, 2.05) is 0 Å². The molecule has 0 unspecified atom stereocenters. The molecule has 2 aliphatic rings. The van der Waals surface area contributed by atoms with Gasteiger partial charge in [-0.05, 0) is 37.0 Å². The van der Waals surface area contributed by atoms with Crippen LogP contribution in [0.1, 0.15) is 59.3 Å². The highest BCUT2D eigenvalue weighted by Gasteiger charge is 2.41. The Bertz CT molecular complexity index is 86.9. The third kappa shape index (κ3) is 2.50. The molecule has 0 N–H and O–H groups in total. The maximum atomic E-state index is 2.17. The number of hydrogen-bond donors (Lipinski definition) is 0. The molecule has 0 aromatic heterocycles. The lowest BCUT2D eigenvalue weighted by molar-refractivity contribution is 0.0314. The SMILES string of the molecule is C1CC2(C1)CCC2.CC(C)C. The Morgan fingerprint density at radius 3 is 1.09 bits per heavy atom. The second kappa shape index (κ2) is 3.60. The first kappa shape index (κ1) is 9.09. The van der Waals surface area contributed by atoms with Crippen molar-refractivity contribution >= 4 is 0 Å². The van der Waals surface area contributed by atoms with Gasteiger partial charge in [0.2, 0.25) is 0 Å². The summed E-state index contributed by atoms with van der Waals surface area (Å²) in [6.07, 6.45) is 9.31. The normalized spacial score (nSPS) is 25.1. The van der Waals surface area contributed by atoms with E-state index in [4.69, 9.17) is 0 Å². The molecule has 2 fully saturated rings. The highest BCUT2D eigenvalue weighted by Crippen LogP contribution is 2.55. The fraction of sp³-hybridized carbons (Fsp3) is 1.00. The predicted octanol–water partition coefficient (Wildman–Crippen LogP) is 4.00. The summed E-state index contributed by atoms with van der Waals surface area (Å²) >= 11 is 0. The monoisotopic (exact) mass is 154 g/mol. The van der Waals surface area contributed by atoms with Crippen molar-refractivity contribution in [1.82, 2.24) is 0 Å². The van der Waals surface area contributed by atoms with Crippen LogP contribution >= 0.6 is 0 Å². The van der Waals surface area contributed by atoms with Gasteiger partial charge in [-0.2, -0.15) is 0 Å². The van der Waals surface area contributed by atoms with Gasteiger partial charge in [-0.3, -0.25) is 0 Å². The first-order valence-electron chi connectivity index (χ1n) is 5.15. The lowest BCUT2D eigenvalue weighted by atomic mass is 9.56. The van der Waals surface area contributed by atoms with E-state index >= 15 is 0 Å². The van der Waals surface area contributed by atoms with Crippen molar-refractivity contribution in [1.29, 1.82) is 0 Å². The zero-order chi connectivity index (χ0) is 8.32. The smallest absolute Gasteiger partial charge is 0.0297 e. The summed E-state index contributed by atoms with van der Waals surface area (Å²) < 4.78 is 0. The van der Waals surface area contributed by atoms with E-state index in [0.29, 0.717) is 0 Å². The zero-order valence-corrected chi connectivity index (χ0v) is 8.32. The number of hydrogen-bond acceptors (Lipinski definition) is 0. The summed E-state index contributed by atoms with van der Waals surface area (Å²) in [4.78, 5) is 0. The fourth-order valence-corrected chi connectivity index (χ4v) is 1.85. The van der Waals surface area contributed by atoms with E-state index in [1.54, 1.807) is 25.7 Å². The molecule has 0 heteroatoms. The summed E-state index contributed by atoms with van der Waals surface area (Å²) in [5, 5.41) is 0. The van der Waals surface area contributed by atoms with Crippen LogP contribution in [0.2, 0.25) is 0 Å². The third-order valence-electron chi connectivity index (χ3n) is 2.83. The maximum absolute atomic E-state index is 2.17. The molecule has 66 valence electrons. The molecule has 0 aromatic rings. The Morgan fingerprint density at radius 1 is 0.818 bits per heavy atom. The molecule has 0 heterocycles. The molecule has 0 radical (unpaired) electrons. The highest BCUT2D eigenvalue weighted by atomic mass is 14.5. The van der Waals surface area contributed by atoms with Gasteiger partial charge >= 0.3 is 0 Å². The summed E-state index contributed by atoms with van der Waals surface area (Å²) in [5.74, 6) is 0.833. The van der Waals surface area contributed by atoms with Gasteiger partial charge in [-0.1, -0.05) is 33.6 Å². The second-order valence-electron chi connectivity index (χ2n) is 4.94. The van der Waals surface area contributed by atoms with Gasteiger partial charge in [0.15, 0.2) is 0 Å². The molecule has 0 nitrogen and oxygen atoms in total. The second-order valence-corrected chi connectivity index (χ2v) is 4.94. The summed E-state index contributed by atoms with van der Waals surface area (Å²) in [6.45, 7) is 6.50. The van der Waals surface area contributed by atoms with Gasteiger partial charge in [0, 0.05) is 0 Å². The van der Waals surface area contributed by atoms with E-state index < -0.39 is 0 Å². The Morgan fingerprint density at radius 2 is 1.09 bits per heavy atom. The van der Waals surface area contributed by atoms with Crippen LogP contribution in [-0.2, 0) is 0 Å². The molecule has 0 saturated heterocycles. The van der Waals surface area contributed by atoms with Crippen molar-refractivity contribution in [3.63, 3.8) is 0 Å². The van der Waals surface area contributed by atoms with Crippen LogP contribution in [0.15, 0.2) is 0 Å². The van der Waals surface area contributed by atoms with Crippen molar-refractivity contribution in [2.75, 3.05) is 0 Å². The standard InChI is InChI=1S/C7H12.C4H10/c1-3-7(4-1)5-2-6-7;1-4(2)3/h1-6H2;4H,1-3H3. The van der Waals surface area contributed by atoms with E-state index in [-0.39, 0.29) is 0 Å². The van der Waals surface area contributed by atoms with Crippen LogP contribution in [-0.4, -0.2) is 0 Å². The zero-order valence-electron chi connectivity index (χ0n) is 8.32. The molecular formula is C11H22. The third-order valence-corrected chi connectivity index (χ3v) is 2.83. The van der Waals surface area contributed by atoms with Crippen molar-refractivity contribution < 1.29 is 0 Å². The van der Waals surface area contributed by atoms with Crippen molar-refractivity contribution in [3.8, 4) is 0 Å². The van der Waals surface area contributed by atoms with Crippen LogP contribution in [0.25, 0.3) is 0 Å². The van der Waals surface area contributed by atoms with Crippen LogP contribution < -0.4 is 0 Å². The van der Waals surface area contributed by atoms with Crippen molar-refractivity contribution in [2.45, 2.75) is 59.3 Å². The average molecular weight is 154 g/mol. The lowest BCUT2D eigenvalue weighted by Crippen LogP contribution is -2.35. The molecule has 0 aromatic carbocycles. The summed E-state index contributed by atoms with van der Waals surface area (Å²) in [7, 11) is 0. The lowest BCUT2D eigenvalue weighted by Gasteiger charge is -2.49. The molecule has 0 aliphatic heterocycles. The maximum Gasteiger partial charge on any atom is -0.0297 e. The minimum Gasteiger partial charge on any atom is -0.0630 e. The predicted molar refractivity (Wildman–Crippen MR) is 50.6 cm³/mol. The van der Waals surface area contributed by atoms with Gasteiger partial charge in [-0.25, -0.2) is 0 Å². The molecule has 2 aliphatic carbocycles. The summed E-state index contributed by atoms with van der Waals surface area (Å²) in [6, 6.07) is 0. The topological polar surface area (TPSA) is 0 Å². The quantitative estimate of drug-likeness (QED) is 0.494. The molecule has 2 saturated carbocycles. The minimum absolute atomic E-state index is 0.833.